The Balaban J connectivity index is 1.56. The molecule has 0 amide bonds. The maximum Gasteiger partial charge on any atom is 0.291 e. The third-order valence-corrected chi connectivity index (χ3v) is 5.94. The fourth-order valence-corrected chi connectivity index (χ4v) is 4.18. The summed E-state index contributed by atoms with van der Waals surface area (Å²) in [6, 6.07) is 15.4. The van der Waals surface area contributed by atoms with Crippen LogP contribution in [0.2, 0.25) is 0 Å². The van der Waals surface area contributed by atoms with Gasteiger partial charge in [0.25, 0.3) is 5.56 Å². The highest BCUT2D eigenvalue weighted by Gasteiger charge is 2.12. The van der Waals surface area contributed by atoms with Crippen LogP contribution in [0.4, 0.5) is 0 Å². The Hall–Kier alpha value is -3.19. The summed E-state index contributed by atoms with van der Waals surface area (Å²) in [6.07, 6.45) is 6.16. The van der Waals surface area contributed by atoms with Crippen LogP contribution in [0.3, 0.4) is 0 Å². The van der Waals surface area contributed by atoms with Gasteiger partial charge in [0, 0.05) is 11.1 Å². The van der Waals surface area contributed by atoms with E-state index in [0.29, 0.717) is 21.9 Å². The third-order valence-electron chi connectivity index (χ3n) is 4.98. The number of rotatable bonds is 10. The van der Waals surface area contributed by atoms with Gasteiger partial charge in [0.1, 0.15) is 11.5 Å². The first-order valence-electron chi connectivity index (χ1n) is 11.1. The first-order chi connectivity index (χ1) is 15.7. The number of hydrogen-bond acceptors (Lipinski definition) is 6. The smallest absolute Gasteiger partial charge is 0.291 e. The molecule has 0 saturated carbocycles. The Kier molecular flexibility index (Phi) is 7.17. The summed E-state index contributed by atoms with van der Waals surface area (Å²) >= 11 is 1.33. The normalized spacial score (nSPS) is 11.9. The molecular weight excluding hydrogens is 422 g/mol. The van der Waals surface area contributed by atoms with Crippen LogP contribution in [-0.4, -0.2) is 27.8 Å². The van der Waals surface area contributed by atoms with Crippen molar-refractivity contribution in [2.24, 2.45) is 0 Å². The van der Waals surface area contributed by atoms with Gasteiger partial charge in [-0.3, -0.25) is 4.79 Å². The van der Waals surface area contributed by atoms with Crippen molar-refractivity contribution in [2.45, 2.75) is 39.5 Å². The van der Waals surface area contributed by atoms with Crippen molar-refractivity contribution in [2.75, 3.05) is 13.2 Å². The molecule has 2 aromatic carbocycles. The topological polar surface area (TPSA) is 65.7 Å². The summed E-state index contributed by atoms with van der Waals surface area (Å²) in [5.74, 6) is 2.13. The van der Waals surface area contributed by atoms with E-state index in [1.54, 1.807) is 0 Å². The summed E-state index contributed by atoms with van der Waals surface area (Å²) in [4.78, 5) is 18.1. The van der Waals surface area contributed by atoms with E-state index in [-0.39, 0.29) is 5.56 Å². The van der Waals surface area contributed by atoms with Crippen molar-refractivity contribution in [3.63, 3.8) is 0 Å². The van der Waals surface area contributed by atoms with Crippen molar-refractivity contribution < 1.29 is 9.47 Å². The molecule has 6 nitrogen and oxygen atoms in total. The fraction of sp³-hybridized carbons (Fsp3) is 0.320. The number of aromatic nitrogens is 3. The number of benzene rings is 2. The van der Waals surface area contributed by atoms with Gasteiger partial charge in [-0.25, -0.2) is 0 Å². The van der Waals surface area contributed by atoms with E-state index < -0.39 is 0 Å². The highest BCUT2D eigenvalue weighted by Crippen LogP contribution is 2.22. The van der Waals surface area contributed by atoms with Gasteiger partial charge in [-0.05, 0) is 49.2 Å². The molecule has 2 aromatic heterocycles. The molecule has 0 atom stereocenters. The second kappa shape index (κ2) is 10.4. The number of para-hydroxylation sites is 1. The molecule has 32 heavy (non-hydrogen) atoms. The molecule has 2 heterocycles. The van der Waals surface area contributed by atoms with E-state index in [2.05, 4.69) is 23.9 Å². The molecule has 4 aromatic rings. The van der Waals surface area contributed by atoms with E-state index in [9.17, 15) is 4.79 Å². The first-order valence-corrected chi connectivity index (χ1v) is 11.9. The average Bonchev–Trinajstić information content (AvgIpc) is 3.36. The van der Waals surface area contributed by atoms with Gasteiger partial charge in [-0.2, -0.15) is 9.50 Å². The second-order valence-electron chi connectivity index (χ2n) is 7.51. The van der Waals surface area contributed by atoms with Crippen molar-refractivity contribution in [3.05, 3.63) is 69.0 Å². The molecule has 0 bridgehead atoms. The Morgan fingerprint density at radius 3 is 2.53 bits per heavy atom. The third kappa shape index (κ3) is 4.99. The average molecular weight is 450 g/mol. The van der Waals surface area contributed by atoms with Crippen molar-refractivity contribution in [1.82, 2.24) is 14.6 Å². The maximum absolute atomic E-state index is 12.9. The van der Waals surface area contributed by atoms with Gasteiger partial charge >= 0.3 is 0 Å². The highest BCUT2D eigenvalue weighted by atomic mass is 32.1. The van der Waals surface area contributed by atoms with Crippen LogP contribution in [0.15, 0.2) is 53.3 Å². The lowest BCUT2D eigenvalue weighted by Gasteiger charge is -2.07. The summed E-state index contributed by atoms with van der Waals surface area (Å²) in [7, 11) is 0. The van der Waals surface area contributed by atoms with E-state index in [1.807, 2.05) is 54.6 Å². The minimum atomic E-state index is -0.176. The Labute approximate surface area is 191 Å². The minimum absolute atomic E-state index is 0.176. The van der Waals surface area contributed by atoms with Gasteiger partial charge in [0.05, 0.1) is 17.7 Å². The summed E-state index contributed by atoms with van der Waals surface area (Å²) in [6.45, 7) is 5.59. The van der Waals surface area contributed by atoms with Crippen LogP contribution in [0.1, 0.15) is 45.1 Å². The SMILES string of the molecule is CCCCCOc1ccc(-c2nc3sc(=Cc4ccccc4OCCC)c(=O)n3n2)cc1. The molecule has 0 spiro atoms. The molecule has 166 valence electrons. The summed E-state index contributed by atoms with van der Waals surface area (Å²) < 4.78 is 13.5. The Bertz CT molecular complexity index is 1280. The van der Waals surface area contributed by atoms with Crippen LogP contribution in [-0.2, 0) is 0 Å². The summed E-state index contributed by atoms with van der Waals surface area (Å²) in [5, 5.41) is 4.44. The lowest BCUT2D eigenvalue weighted by Crippen LogP contribution is -2.23. The quantitative estimate of drug-likeness (QED) is 0.328. The van der Waals surface area contributed by atoms with Crippen LogP contribution in [0.5, 0.6) is 11.5 Å². The van der Waals surface area contributed by atoms with Crippen LogP contribution in [0.25, 0.3) is 22.4 Å². The Morgan fingerprint density at radius 1 is 0.969 bits per heavy atom. The van der Waals surface area contributed by atoms with E-state index in [1.165, 1.54) is 28.7 Å². The molecule has 0 unspecified atom stereocenters. The monoisotopic (exact) mass is 449 g/mol. The van der Waals surface area contributed by atoms with E-state index in [4.69, 9.17) is 9.47 Å². The lowest BCUT2D eigenvalue weighted by molar-refractivity contribution is 0.306. The molecule has 7 heteroatoms. The van der Waals surface area contributed by atoms with E-state index in [0.717, 1.165) is 42.1 Å². The van der Waals surface area contributed by atoms with Crippen molar-refractivity contribution >= 4 is 22.4 Å². The van der Waals surface area contributed by atoms with Gasteiger partial charge in [-0.1, -0.05) is 56.2 Å². The van der Waals surface area contributed by atoms with Crippen molar-refractivity contribution in [1.29, 1.82) is 0 Å². The fourth-order valence-electron chi connectivity index (χ4n) is 3.28. The molecule has 0 aliphatic heterocycles. The van der Waals surface area contributed by atoms with Crippen LogP contribution in [0, 0.1) is 0 Å². The molecule has 0 N–H and O–H groups in total. The zero-order valence-corrected chi connectivity index (χ0v) is 19.2. The number of ether oxygens (including phenoxy) is 2. The second-order valence-corrected chi connectivity index (χ2v) is 8.52. The number of nitrogens with zero attached hydrogens (tertiary/aromatic N) is 3. The number of unbranched alkanes of at least 4 members (excludes halogenated alkanes) is 2. The molecule has 0 aliphatic carbocycles. The van der Waals surface area contributed by atoms with Crippen LogP contribution >= 0.6 is 11.3 Å². The van der Waals surface area contributed by atoms with Gasteiger partial charge < -0.3 is 9.47 Å². The molecule has 4 rings (SSSR count). The molecule has 0 radical (unpaired) electrons. The van der Waals surface area contributed by atoms with Gasteiger partial charge in [-0.15, -0.1) is 5.10 Å². The lowest BCUT2D eigenvalue weighted by atomic mass is 10.2. The van der Waals surface area contributed by atoms with Gasteiger partial charge in [0.15, 0.2) is 5.82 Å². The highest BCUT2D eigenvalue weighted by molar-refractivity contribution is 7.15. The predicted octanol–water partition coefficient (Wildman–Crippen LogP) is 4.72. The van der Waals surface area contributed by atoms with E-state index >= 15 is 0 Å². The zero-order valence-electron chi connectivity index (χ0n) is 18.4. The standard InChI is InChI=1S/C25H27N3O3S/c1-3-5-8-16-30-20-13-11-18(12-14-20)23-26-25-28(27-23)24(29)22(32-25)17-19-9-6-7-10-21(19)31-15-4-2/h6-7,9-14,17H,3-5,8,15-16H2,1-2H3. The summed E-state index contributed by atoms with van der Waals surface area (Å²) in [5.41, 5.74) is 1.55. The molecular formula is C25H27N3O3S. The maximum atomic E-state index is 12.9. The van der Waals surface area contributed by atoms with Gasteiger partial charge in [0.2, 0.25) is 4.96 Å². The largest absolute Gasteiger partial charge is 0.494 e. The Morgan fingerprint density at radius 2 is 1.78 bits per heavy atom. The predicted molar refractivity (Wildman–Crippen MR) is 129 cm³/mol. The number of hydrogen-bond donors (Lipinski definition) is 0. The first kappa shape index (κ1) is 22.0. The minimum Gasteiger partial charge on any atom is -0.494 e. The molecule has 0 saturated heterocycles. The van der Waals surface area contributed by atoms with Crippen molar-refractivity contribution in [3.8, 4) is 22.9 Å². The molecule has 0 aliphatic rings. The van der Waals surface area contributed by atoms with Crippen LogP contribution < -0.4 is 19.6 Å². The number of fused-ring (bicyclic) bond motifs is 1. The number of thiazole rings is 1. The molecule has 0 fully saturated rings. The zero-order chi connectivity index (χ0) is 22.3.